The monoisotopic (exact) mass is 509 g/mol. The van der Waals surface area contributed by atoms with Gasteiger partial charge in [0.25, 0.3) is 0 Å². The first kappa shape index (κ1) is 27.2. The number of benzene rings is 2. The van der Waals surface area contributed by atoms with Crippen LogP contribution < -0.4 is 4.90 Å². The summed E-state index contributed by atoms with van der Waals surface area (Å²) in [4.78, 5) is 21.9. The van der Waals surface area contributed by atoms with Crippen LogP contribution in [0, 0.1) is 20.8 Å². The number of carbonyl (C=O) groups excluding carboxylic acids is 1. The lowest BCUT2D eigenvalue weighted by Crippen LogP contribution is -2.34. The van der Waals surface area contributed by atoms with Gasteiger partial charge >= 0.3 is 0 Å². The van der Waals surface area contributed by atoms with Crippen molar-refractivity contribution in [2.24, 2.45) is 0 Å². The molecule has 3 aromatic rings. The number of aryl methyl sites for hydroxylation is 3. The van der Waals surface area contributed by atoms with Crippen LogP contribution in [0.2, 0.25) is 0 Å². The predicted octanol–water partition coefficient (Wildman–Crippen LogP) is 4.79. The molecule has 0 radical (unpaired) electrons. The van der Waals surface area contributed by atoms with Gasteiger partial charge in [-0.15, -0.1) is 12.4 Å². The van der Waals surface area contributed by atoms with Gasteiger partial charge in [-0.1, -0.05) is 35.1 Å². The van der Waals surface area contributed by atoms with Crippen LogP contribution in [0.3, 0.4) is 0 Å². The number of aromatic nitrogens is 1. The van der Waals surface area contributed by atoms with Crippen LogP contribution in [0.4, 0.5) is 5.13 Å². The Morgan fingerprint density at radius 2 is 1.67 bits per heavy atom. The SMILES string of the molecule is Cc1ccc(S(=O)(=O)CCC(=O)N(CCCN(C)C)c2nc3c(C)cc(C)cc3s2)cc1.Cl. The normalized spacial score (nSPS) is 11.6. The molecular weight excluding hydrogens is 478 g/mol. The molecule has 0 aliphatic carbocycles. The molecule has 0 spiro atoms. The summed E-state index contributed by atoms with van der Waals surface area (Å²) in [6.45, 7) is 7.30. The van der Waals surface area contributed by atoms with Gasteiger partial charge in [0, 0.05) is 13.0 Å². The molecule has 180 valence electrons. The molecule has 3 rings (SSSR count). The van der Waals surface area contributed by atoms with E-state index in [0.717, 1.165) is 39.9 Å². The van der Waals surface area contributed by atoms with E-state index in [0.29, 0.717) is 11.7 Å². The van der Waals surface area contributed by atoms with Crippen LogP contribution in [-0.4, -0.2) is 57.1 Å². The minimum Gasteiger partial charge on any atom is -0.309 e. The number of amides is 1. The van der Waals surface area contributed by atoms with E-state index in [2.05, 4.69) is 17.0 Å². The topological polar surface area (TPSA) is 70.6 Å². The number of anilines is 1. The number of hydrogen-bond acceptors (Lipinski definition) is 6. The highest BCUT2D eigenvalue weighted by Gasteiger charge is 2.23. The Labute approximate surface area is 207 Å². The molecule has 2 aromatic carbocycles. The Hall–Kier alpha value is -2.00. The second-order valence-corrected chi connectivity index (χ2v) is 11.6. The lowest BCUT2D eigenvalue weighted by atomic mass is 10.1. The molecule has 0 saturated carbocycles. The van der Waals surface area contributed by atoms with Gasteiger partial charge in [0.15, 0.2) is 15.0 Å². The number of nitrogens with zero attached hydrogens (tertiary/aromatic N) is 3. The van der Waals surface area contributed by atoms with Crippen molar-refractivity contribution in [2.75, 3.05) is 37.8 Å². The van der Waals surface area contributed by atoms with Crippen LogP contribution in [0.15, 0.2) is 41.3 Å². The van der Waals surface area contributed by atoms with E-state index < -0.39 is 9.84 Å². The smallest absolute Gasteiger partial charge is 0.229 e. The highest BCUT2D eigenvalue weighted by atomic mass is 35.5. The molecule has 0 unspecified atom stereocenters. The third kappa shape index (κ3) is 6.99. The first-order valence-electron chi connectivity index (χ1n) is 10.7. The second kappa shape index (κ2) is 11.4. The Kier molecular flexibility index (Phi) is 9.43. The van der Waals surface area contributed by atoms with Crippen molar-refractivity contribution in [2.45, 2.75) is 38.5 Å². The molecule has 0 fully saturated rings. The zero-order valence-corrected chi connectivity index (χ0v) is 22.2. The van der Waals surface area contributed by atoms with E-state index in [4.69, 9.17) is 4.98 Å². The number of fused-ring (bicyclic) bond motifs is 1. The number of hydrogen-bond donors (Lipinski definition) is 0. The maximum atomic E-state index is 13.2. The van der Waals surface area contributed by atoms with Gasteiger partial charge in [-0.2, -0.15) is 0 Å². The average molecular weight is 510 g/mol. The van der Waals surface area contributed by atoms with E-state index in [1.807, 2.05) is 34.9 Å². The Bertz CT molecular complexity index is 1210. The van der Waals surface area contributed by atoms with Crippen LogP contribution in [0.1, 0.15) is 29.5 Å². The molecule has 1 heterocycles. The summed E-state index contributed by atoms with van der Waals surface area (Å²) in [6, 6.07) is 10.9. The molecule has 9 heteroatoms. The molecular formula is C24H32ClN3O3S2. The highest BCUT2D eigenvalue weighted by Crippen LogP contribution is 2.32. The molecule has 0 N–H and O–H groups in total. The van der Waals surface area contributed by atoms with Gasteiger partial charge in [0.05, 0.1) is 20.9 Å². The molecule has 0 aliphatic rings. The molecule has 0 aliphatic heterocycles. The number of sulfone groups is 1. The number of halogens is 1. The zero-order valence-electron chi connectivity index (χ0n) is 19.8. The molecule has 0 saturated heterocycles. The van der Waals surface area contributed by atoms with Crippen molar-refractivity contribution in [3.05, 3.63) is 53.1 Å². The van der Waals surface area contributed by atoms with E-state index >= 15 is 0 Å². The summed E-state index contributed by atoms with van der Waals surface area (Å²) in [6.07, 6.45) is 0.698. The van der Waals surface area contributed by atoms with Gasteiger partial charge in [-0.05, 0) is 77.2 Å². The minimum atomic E-state index is -3.53. The summed E-state index contributed by atoms with van der Waals surface area (Å²) >= 11 is 1.48. The summed E-state index contributed by atoms with van der Waals surface area (Å²) in [5.74, 6) is -0.435. The summed E-state index contributed by atoms with van der Waals surface area (Å²) in [5, 5.41) is 0.630. The predicted molar refractivity (Wildman–Crippen MR) is 140 cm³/mol. The van der Waals surface area contributed by atoms with E-state index in [1.54, 1.807) is 29.2 Å². The standard InChI is InChI=1S/C24H31N3O3S2.ClH/c1-17-7-9-20(10-8-17)32(29,30)14-11-22(28)27(13-6-12-26(4)5)24-25-23-19(3)15-18(2)16-21(23)31-24;/h7-10,15-16H,6,11-14H2,1-5H3;1H. The van der Waals surface area contributed by atoms with Crippen molar-refractivity contribution >= 4 is 54.8 Å². The largest absolute Gasteiger partial charge is 0.309 e. The zero-order chi connectivity index (χ0) is 23.5. The summed E-state index contributed by atoms with van der Waals surface area (Å²) in [5.41, 5.74) is 4.12. The third-order valence-corrected chi connectivity index (χ3v) is 8.06. The van der Waals surface area contributed by atoms with Crippen LogP contribution in [-0.2, 0) is 14.6 Å². The van der Waals surface area contributed by atoms with Crippen molar-refractivity contribution in [3.8, 4) is 0 Å². The van der Waals surface area contributed by atoms with Crippen LogP contribution in [0.5, 0.6) is 0 Å². The van der Waals surface area contributed by atoms with Crippen molar-refractivity contribution in [1.29, 1.82) is 0 Å². The molecule has 33 heavy (non-hydrogen) atoms. The minimum absolute atomic E-state index is 0. The molecule has 1 amide bonds. The summed E-state index contributed by atoms with van der Waals surface area (Å²) in [7, 11) is 0.449. The average Bonchev–Trinajstić information content (AvgIpc) is 3.13. The lowest BCUT2D eigenvalue weighted by molar-refractivity contribution is -0.118. The first-order valence-corrected chi connectivity index (χ1v) is 13.2. The van der Waals surface area contributed by atoms with Crippen LogP contribution in [0.25, 0.3) is 10.2 Å². The number of thiazole rings is 1. The maximum absolute atomic E-state index is 13.2. The molecule has 6 nitrogen and oxygen atoms in total. The van der Waals surface area contributed by atoms with E-state index in [1.165, 1.54) is 11.3 Å². The van der Waals surface area contributed by atoms with Crippen LogP contribution >= 0.6 is 23.7 Å². The molecule has 0 atom stereocenters. The van der Waals surface area contributed by atoms with E-state index in [9.17, 15) is 13.2 Å². The lowest BCUT2D eigenvalue weighted by Gasteiger charge is -2.21. The fourth-order valence-electron chi connectivity index (χ4n) is 3.57. The molecule has 1 aromatic heterocycles. The van der Waals surface area contributed by atoms with Gasteiger partial charge < -0.3 is 4.90 Å². The maximum Gasteiger partial charge on any atom is 0.229 e. The quantitative estimate of drug-likeness (QED) is 0.414. The van der Waals surface area contributed by atoms with Crippen molar-refractivity contribution < 1.29 is 13.2 Å². The van der Waals surface area contributed by atoms with Gasteiger partial charge in [0.2, 0.25) is 5.91 Å². The van der Waals surface area contributed by atoms with Gasteiger partial charge in [-0.3, -0.25) is 9.69 Å². The number of rotatable bonds is 9. The van der Waals surface area contributed by atoms with E-state index in [-0.39, 0.29) is 35.4 Å². The Morgan fingerprint density at radius 3 is 2.30 bits per heavy atom. The third-order valence-electron chi connectivity index (χ3n) is 5.30. The Morgan fingerprint density at radius 1 is 1.00 bits per heavy atom. The Balaban J connectivity index is 0.00000385. The summed E-state index contributed by atoms with van der Waals surface area (Å²) < 4.78 is 26.5. The van der Waals surface area contributed by atoms with Crippen molar-refractivity contribution in [1.82, 2.24) is 9.88 Å². The molecule has 0 bridgehead atoms. The number of carbonyl (C=O) groups is 1. The fraction of sp³-hybridized carbons (Fsp3) is 0.417. The fourth-order valence-corrected chi connectivity index (χ4v) is 5.98. The first-order chi connectivity index (χ1) is 15.1. The van der Waals surface area contributed by atoms with Gasteiger partial charge in [-0.25, -0.2) is 13.4 Å². The van der Waals surface area contributed by atoms with Crippen molar-refractivity contribution in [3.63, 3.8) is 0 Å². The van der Waals surface area contributed by atoms with Gasteiger partial charge in [0.1, 0.15) is 0 Å². The highest BCUT2D eigenvalue weighted by molar-refractivity contribution is 7.91. The second-order valence-electron chi connectivity index (χ2n) is 8.51.